The molecule has 1 atom stereocenters. The van der Waals surface area contributed by atoms with Crippen LogP contribution in [-0.2, 0) is 14.9 Å². The molecule has 0 aromatic carbocycles. The van der Waals surface area contributed by atoms with Crippen molar-refractivity contribution in [1.82, 2.24) is 0 Å². The second-order valence-electron chi connectivity index (χ2n) is 2.76. The Balaban J connectivity index is 2.95. The van der Waals surface area contributed by atoms with Crippen LogP contribution in [0.4, 0.5) is 0 Å². The van der Waals surface area contributed by atoms with Crippen molar-refractivity contribution >= 4 is 16.4 Å². The van der Waals surface area contributed by atoms with E-state index in [1.165, 1.54) is 12.2 Å². The molecule has 1 rings (SSSR count). The molecule has 71 valence electrons. The Morgan fingerprint density at radius 3 is 2.54 bits per heavy atom. The fraction of sp³-hybridized carbons (Fsp3) is 0.286. The van der Waals surface area contributed by atoms with E-state index < -0.39 is 15.7 Å². The first kappa shape index (κ1) is 10.1. The maximum Gasteiger partial charge on any atom is 0.294 e. The van der Waals surface area contributed by atoms with Crippen molar-refractivity contribution in [3.8, 4) is 0 Å². The molecule has 13 heavy (non-hydrogen) atoms. The topological polar surface area (TPSA) is 97.5 Å². The highest BCUT2D eigenvalue weighted by molar-refractivity contribution is 7.90. The van der Waals surface area contributed by atoms with Crippen LogP contribution in [0, 0.1) is 0 Å². The van der Waals surface area contributed by atoms with Gasteiger partial charge < -0.3 is 5.73 Å². The van der Waals surface area contributed by atoms with E-state index in [1.807, 2.05) is 0 Å². The number of rotatable bonds is 2. The van der Waals surface area contributed by atoms with E-state index in [1.54, 1.807) is 6.29 Å². The third kappa shape index (κ3) is 2.24. The largest absolute Gasteiger partial charge is 0.315 e. The summed E-state index contributed by atoms with van der Waals surface area (Å²) in [6, 6.07) is 0. The summed E-state index contributed by atoms with van der Waals surface area (Å²) in [6.45, 7) is 0. The zero-order valence-electron chi connectivity index (χ0n) is 6.60. The lowest BCUT2D eigenvalue weighted by atomic mass is 9.94. The molecule has 6 heteroatoms. The van der Waals surface area contributed by atoms with Gasteiger partial charge in [-0.15, -0.1) is 0 Å². The summed E-state index contributed by atoms with van der Waals surface area (Å²) in [4.78, 5) is 10.0. The Morgan fingerprint density at radius 1 is 1.62 bits per heavy atom. The highest BCUT2D eigenvalue weighted by Gasteiger charge is 2.26. The molecule has 0 aliphatic heterocycles. The van der Waals surface area contributed by atoms with Crippen molar-refractivity contribution in [3.63, 3.8) is 0 Å². The standard InChI is InChI=1S/C7H8NO4S/c8-7(5-9)3-1-6(2-4-7)13(10,11)12/h1-3H,4,8H2,(H,10,11,12). The molecular weight excluding hydrogens is 194 g/mol. The number of hydrogen-bond acceptors (Lipinski definition) is 4. The first-order chi connectivity index (χ1) is 5.87. The molecule has 0 heterocycles. The van der Waals surface area contributed by atoms with E-state index in [-0.39, 0.29) is 11.3 Å². The second kappa shape index (κ2) is 3.06. The van der Waals surface area contributed by atoms with Gasteiger partial charge in [0.1, 0.15) is 5.54 Å². The van der Waals surface area contributed by atoms with Gasteiger partial charge in [0.25, 0.3) is 10.1 Å². The van der Waals surface area contributed by atoms with Gasteiger partial charge in [0.05, 0.1) is 4.91 Å². The van der Waals surface area contributed by atoms with Crippen molar-refractivity contribution < 1.29 is 17.8 Å². The van der Waals surface area contributed by atoms with Crippen molar-refractivity contribution in [3.05, 3.63) is 23.1 Å². The van der Waals surface area contributed by atoms with Gasteiger partial charge in [-0.25, -0.2) is 0 Å². The predicted molar refractivity (Wildman–Crippen MR) is 46.0 cm³/mol. The van der Waals surface area contributed by atoms with Crippen LogP contribution in [0.25, 0.3) is 0 Å². The monoisotopic (exact) mass is 202 g/mol. The molecule has 0 amide bonds. The van der Waals surface area contributed by atoms with Crippen LogP contribution in [0.3, 0.4) is 0 Å². The molecule has 0 bridgehead atoms. The molecule has 1 aliphatic carbocycles. The quantitative estimate of drug-likeness (QED) is 0.590. The van der Waals surface area contributed by atoms with Gasteiger partial charge in [-0.1, -0.05) is 12.2 Å². The fourth-order valence-corrected chi connectivity index (χ4v) is 1.44. The Hall–Kier alpha value is -0.980. The highest BCUT2D eigenvalue weighted by atomic mass is 32.2. The third-order valence-electron chi connectivity index (χ3n) is 1.67. The van der Waals surface area contributed by atoms with Crippen LogP contribution < -0.4 is 5.73 Å². The van der Waals surface area contributed by atoms with Gasteiger partial charge in [-0.3, -0.25) is 9.35 Å². The normalized spacial score (nSPS) is 28.3. The predicted octanol–water partition coefficient (Wildman–Crippen LogP) is -0.475. The SMILES string of the molecule is NC1([C]=O)C=CC(S(=O)(=O)O)=CC1. The molecule has 0 saturated carbocycles. The minimum Gasteiger partial charge on any atom is -0.315 e. The number of carbonyl (C=O) groups excluding carboxylic acids is 1. The minimum absolute atomic E-state index is 0.0160. The van der Waals surface area contributed by atoms with E-state index in [9.17, 15) is 13.2 Å². The van der Waals surface area contributed by atoms with E-state index in [4.69, 9.17) is 10.3 Å². The molecule has 0 spiro atoms. The lowest BCUT2D eigenvalue weighted by molar-refractivity contribution is 0.490. The minimum atomic E-state index is -4.20. The lowest BCUT2D eigenvalue weighted by Crippen LogP contribution is -2.40. The number of nitrogens with two attached hydrogens (primary N) is 1. The average Bonchev–Trinajstić information content (AvgIpc) is 2.04. The maximum absolute atomic E-state index is 10.6. The van der Waals surface area contributed by atoms with Gasteiger partial charge in [-0.2, -0.15) is 8.42 Å². The molecular formula is C7H8NO4S. The molecule has 0 fully saturated rings. The van der Waals surface area contributed by atoms with Crippen LogP contribution in [0.1, 0.15) is 6.42 Å². The zero-order valence-corrected chi connectivity index (χ0v) is 7.41. The number of hydrogen-bond donors (Lipinski definition) is 2. The highest BCUT2D eigenvalue weighted by Crippen LogP contribution is 2.19. The third-order valence-corrected chi connectivity index (χ3v) is 2.57. The fourth-order valence-electron chi connectivity index (χ4n) is 0.903. The Bertz CT molecular complexity index is 381. The average molecular weight is 202 g/mol. The molecule has 0 saturated heterocycles. The van der Waals surface area contributed by atoms with Crippen LogP contribution in [0.5, 0.6) is 0 Å². The van der Waals surface area contributed by atoms with Crippen molar-refractivity contribution in [1.29, 1.82) is 0 Å². The van der Waals surface area contributed by atoms with E-state index in [0.29, 0.717) is 0 Å². The van der Waals surface area contributed by atoms with E-state index in [0.717, 1.165) is 6.08 Å². The van der Waals surface area contributed by atoms with Crippen LogP contribution in [0.2, 0.25) is 0 Å². The molecule has 1 radical (unpaired) electrons. The van der Waals surface area contributed by atoms with Crippen LogP contribution in [0.15, 0.2) is 23.1 Å². The van der Waals surface area contributed by atoms with Crippen LogP contribution in [-0.4, -0.2) is 24.8 Å². The zero-order chi connectivity index (χ0) is 10.1. The molecule has 3 N–H and O–H groups in total. The molecule has 0 aromatic heterocycles. The van der Waals surface area contributed by atoms with Crippen molar-refractivity contribution in [2.75, 3.05) is 0 Å². The van der Waals surface area contributed by atoms with Gasteiger partial charge in [0, 0.05) is 0 Å². The van der Waals surface area contributed by atoms with E-state index >= 15 is 0 Å². The Kier molecular flexibility index (Phi) is 2.38. The first-order valence-corrected chi connectivity index (χ1v) is 4.86. The number of allylic oxidation sites excluding steroid dienone is 1. The molecule has 1 aliphatic rings. The molecule has 1 unspecified atom stereocenters. The van der Waals surface area contributed by atoms with Gasteiger partial charge in [-0.05, 0) is 12.5 Å². The van der Waals surface area contributed by atoms with Crippen molar-refractivity contribution in [2.45, 2.75) is 12.0 Å². The first-order valence-electron chi connectivity index (χ1n) is 3.42. The summed E-state index contributed by atoms with van der Waals surface area (Å²) in [5, 5.41) is 0. The summed E-state index contributed by atoms with van der Waals surface area (Å²) in [7, 11) is -4.20. The summed E-state index contributed by atoms with van der Waals surface area (Å²) in [5.41, 5.74) is 4.16. The van der Waals surface area contributed by atoms with Crippen molar-refractivity contribution in [2.24, 2.45) is 5.73 Å². The summed E-state index contributed by atoms with van der Waals surface area (Å²) in [6.07, 6.45) is 5.05. The Labute approximate surface area is 75.7 Å². The van der Waals surface area contributed by atoms with Crippen LogP contribution >= 0.6 is 0 Å². The summed E-state index contributed by atoms with van der Waals surface area (Å²) in [5.74, 6) is 0. The molecule has 0 aromatic rings. The second-order valence-corrected chi connectivity index (χ2v) is 4.18. The van der Waals surface area contributed by atoms with E-state index in [2.05, 4.69) is 0 Å². The van der Waals surface area contributed by atoms with Gasteiger partial charge in [0.15, 0.2) is 0 Å². The summed E-state index contributed by atoms with van der Waals surface area (Å²) < 4.78 is 29.8. The summed E-state index contributed by atoms with van der Waals surface area (Å²) >= 11 is 0. The Morgan fingerprint density at radius 2 is 2.23 bits per heavy atom. The molecule has 5 nitrogen and oxygen atoms in total. The maximum atomic E-state index is 10.6. The lowest BCUT2D eigenvalue weighted by Gasteiger charge is -2.18. The smallest absolute Gasteiger partial charge is 0.294 e. The van der Waals surface area contributed by atoms with Gasteiger partial charge in [0.2, 0.25) is 6.29 Å². The van der Waals surface area contributed by atoms with Gasteiger partial charge >= 0.3 is 0 Å².